The number of nitrogens with zero attached hydrogens (tertiary/aromatic N) is 1. The van der Waals surface area contributed by atoms with Crippen LogP contribution in [-0.2, 0) is 4.79 Å². The van der Waals surface area contributed by atoms with Gasteiger partial charge in [0.2, 0.25) is 0 Å². The normalized spacial score (nSPS) is 17.4. The molecule has 0 amide bonds. The van der Waals surface area contributed by atoms with Crippen LogP contribution in [0.2, 0.25) is 10.0 Å². The second-order valence-electron chi connectivity index (χ2n) is 6.25. The van der Waals surface area contributed by atoms with Crippen LogP contribution in [0.4, 0.5) is 0 Å². The fourth-order valence-electron chi connectivity index (χ4n) is 3.40. The van der Waals surface area contributed by atoms with Crippen LogP contribution in [0, 0.1) is 5.92 Å². The van der Waals surface area contributed by atoms with Crippen LogP contribution in [0.15, 0.2) is 46.9 Å². The van der Waals surface area contributed by atoms with Crippen molar-refractivity contribution >= 4 is 45.1 Å². The van der Waals surface area contributed by atoms with E-state index < -0.39 is 5.97 Å². The fourth-order valence-corrected chi connectivity index (χ4v) is 4.23. The first kappa shape index (κ1) is 18.7. The highest BCUT2D eigenvalue weighted by atomic mass is 79.9. The maximum atomic E-state index is 11.3. The zero-order chi connectivity index (χ0) is 18.0. The number of aliphatic carboxylic acids is 1. The molecule has 0 radical (unpaired) electrons. The van der Waals surface area contributed by atoms with E-state index in [-0.39, 0.29) is 12.0 Å². The third-order valence-corrected chi connectivity index (χ3v) is 6.01. The van der Waals surface area contributed by atoms with Gasteiger partial charge in [0.05, 0.1) is 22.0 Å². The zero-order valence-corrected chi connectivity index (χ0v) is 16.6. The third kappa shape index (κ3) is 4.20. The minimum Gasteiger partial charge on any atom is -0.481 e. The summed E-state index contributed by atoms with van der Waals surface area (Å²) < 4.78 is 0.994. The van der Waals surface area contributed by atoms with Crippen molar-refractivity contribution in [2.45, 2.75) is 18.9 Å². The largest absolute Gasteiger partial charge is 0.481 e. The molecule has 3 rings (SSSR count). The predicted octanol–water partition coefficient (Wildman–Crippen LogP) is 5.64. The molecule has 1 saturated heterocycles. The van der Waals surface area contributed by atoms with Crippen LogP contribution in [0.5, 0.6) is 0 Å². The Morgan fingerprint density at radius 2 is 1.84 bits per heavy atom. The van der Waals surface area contributed by atoms with Gasteiger partial charge in [-0.15, -0.1) is 0 Å². The summed E-state index contributed by atoms with van der Waals surface area (Å²) in [6.45, 7) is 1.41. The van der Waals surface area contributed by atoms with Crippen molar-refractivity contribution in [1.82, 2.24) is 4.90 Å². The zero-order valence-electron chi connectivity index (χ0n) is 13.5. The van der Waals surface area contributed by atoms with Gasteiger partial charge < -0.3 is 5.11 Å². The molecule has 25 heavy (non-hydrogen) atoms. The van der Waals surface area contributed by atoms with E-state index in [1.165, 1.54) is 0 Å². The molecular weight excluding hydrogens is 425 g/mol. The molecule has 0 spiro atoms. The molecule has 0 bridgehead atoms. The van der Waals surface area contributed by atoms with Gasteiger partial charge in [0.15, 0.2) is 0 Å². The lowest BCUT2D eigenvalue weighted by molar-refractivity contribution is -0.143. The summed E-state index contributed by atoms with van der Waals surface area (Å²) >= 11 is 16.3. The Balaban J connectivity index is 1.98. The molecular formula is C19H18BrCl2NO2. The highest BCUT2D eigenvalue weighted by Gasteiger charge is 2.31. The molecule has 1 fully saturated rings. The van der Waals surface area contributed by atoms with E-state index in [0.29, 0.717) is 36.0 Å². The van der Waals surface area contributed by atoms with Crippen LogP contribution in [0.3, 0.4) is 0 Å². The third-order valence-electron chi connectivity index (χ3n) is 4.68. The van der Waals surface area contributed by atoms with E-state index >= 15 is 0 Å². The average molecular weight is 443 g/mol. The highest BCUT2D eigenvalue weighted by molar-refractivity contribution is 9.10. The number of halogens is 3. The Labute approximate surface area is 165 Å². The Morgan fingerprint density at radius 3 is 2.48 bits per heavy atom. The maximum absolute atomic E-state index is 11.3. The summed E-state index contributed by atoms with van der Waals surface area (Å²) in [7, 11) is 0. The van der Waals surface area contributed by atoms with E-state index in [1.807, 2.05) is 24.3 Å². The van der Waals surface area contributed by atoms with Crippen molar-refractivity contribution in [3.63, 3.8) is 0 Å². The molecule has 1 atom stereocenters. The number of hydrogen-bond donors (Lipinski definition) is 1. The molecule has 0 saturated carbocycles. The molecule has 1 N–H and O–H groups in total. The summed E-state index contributed by atoms with van der Waals surface area (Å²) in [6, 6.07) is 13.7. The van der Waals surface area contributed by atoms with Crippen LogP contribution >= 0.6 is 39.1 Å². The number of likely N-dealkylation sites (tertiary alicyclic amines) is 1. The van der Waals surface area contributed by atoms with Crippen LogP contribution in [0.1, 0.15) is 30.0 Å². The monoisotopic (exact) mass is 441 g/mol. The number of hydrogen-bond acceptors (Lipinski definition) is 2. The van der Waals surface area contributed by atoms with Gasteiger partial charge in [0.1, 0.15) is 0 Å². The summed E-state index contributed by atoms with van der Waals surface area (Å²) in [5.74, 6) is -0.978. The number of rotatable bonds is 4. The van der Waals surface area contributed by atoms with Crippen molar-refractivity contribution in [3.05, 3.63) is 68.1 Å². The number of benzene rings is 2. The van der Waals surface area contributed by atoms with Crippen molar-refractivity contribution in [3.8, 4) is 0 Å². The van der Waals surface area contributed by atoms with Gasteiger partial charge in [-0.05, 0) is 55.3 Å². The molecule has 1 aliphatic heterocycles. The number of carboxylic acid groups (broad SMARTS) is 1. The Morgan fingerprint density at radius 1 is 1.16 bits per heavy atom. The van der Waals surface area contributed by atoms with E-state index in [2.05, 4.69) is 33.0 Å². The minimum atomic E-state index is -0.709. The second-order valence-corrected chi connectivity index (χ2v) is 7.95. The van der Waals surface area contributed by atoms with Crippen LogP contribution in [-0.4, -0.2) is 29.1 Å². The first-order valence-electron chi connectivity index (χ1n) is 8.13. The standard InChI is InChI=1S/C19H18BrCl2NO2/c20-14-4-1-3-13(11-14)18(15-5-2-6-16(21)17(15)22)23-9-7-12(8-10-23)19(24)25/h1-6,11-12,18H,7-10H2,(H,24,25). The maximum Gasteiger partial charge on any atom is 0.306 e. The minimum absolute atomic E-state index is 0.0570. The van der Waals surface area contributed by atoms with Crippen LogP contribution in [0.25, 0.3) is 0 Å². The Hall–Kier alpha value is -1.07. The van der Waals surface area contributed by atoms with E-state index in [0.717, 1.165) is 15.6 Å². The average Bonchev–Trinajstić information content (AvgIpc) is 2.59. The lowest BCUT2D eigenvalue weighted by atomic mass is 9.91. The lowest BCUT2D eigenvalue weighted by Crippen LogP contribution is -2.39. The topological polar surface area (TPSA) is 40.5 Å². The lowest BCUT2D eigenvalue weighted by Gasteiger charge is -2.37. The van der Waals surface area contributed by atoms with Gasteiger partial charge in [0, 0.05) is 4.47 Å². The Bertz CT molecular complexity index is 776. The van der Waals surface area contributed by atoms with Crippen molar-refractivity contribution in [2.24, 2.45) is 5.92 Å². The molecule has 3 nitrogen and oxygen atoms in total. The van der Waals surface area contributed by atoms with Crippen molar-refractivity contribution in [2.75, 3.05) is 13.1 Å². The molecule has 0 aromatic heterocycles. The molecule has 1 heterocycles. The summed E-state index contributed by atoms with van der Waals surface area (Å²) in [6.07, 6.45) is 1.27. The highest BCUT2D eigenvalue weighted by Crippen LogP contribution is 2.39. The Kier molecular flexibility index (Phi) is 6.05. The summed E-state index contributed by atoms with van der Waals surface area (Å²) in [5.41, 5.74) is 2.05. The predicted molar refractivity (Wildman–Crippen MR) is 104 cm³/mol. The molecule has 2 aromatic carbocycles. The molecule has 132 valence electrons. The van der Waals surface area contributed by atoms with Gasteiger partial charge in [-0.25, -0.2) is 0 Å². The number of carboxylic acids is 1. The number of piperidine rings is 1. The fraction of sp³-hybridized carbons (Fsp3) is 0.316. The smallest absolute Gasteiger partial charge is 0.306 e. The van der Waals surface area contributed by atoms with E-state index in [4.69, 9.17) is 23.2 Å². The molecule has 6 heteroatoms. The molecule has 1 aliphatic rings. The van der Waals surface area contributed by atoms with E-state index in [9.17, 15) is 9.90 Å². The van der Waals surface area contributed by atoms with Gasteiger partial charge in [-0.2, -0.15) is 0 Å². The van der Waals surface area contributed by atoms with Crippen LogP contribution < -0.4 is 0 Å². The van der Waals surface area contributed by atoms with Gasteiger partial charge in [-0.1, -0.05) is 63.4 Å². The summed E-state index contributed by atoms with van der Waals surface area (Å²) in [5, 5.41) is 10.3. The first-order chi connectivity index (χ1) is 12.0. The van der Waals surface area contributed by atoms with Crippen molar-refractivity contribution < 1.29 is 9.90 Å². The quantitative estimate of drug-likeness (QED) is 0.665. The molecule has 1 unspecified atom stereocenters. The second kappa shape index (κ2) is 8.09. The summed E-state index contributed by atoms with van der Waals surface area (Å²) in [4.78, 5) is 13.5. The van der Waals surface area contributed by atoms with E-state index in [1.54, 1.807) is 6.07 Å². The number of carbonyl (C=O) groups is 1. The van der Waals surface area contributed by atoms with Crippen molar-refractivity contribution in [1.29, 1.82) is 0 Å². The molecule has 2 aromatic rings. The van der Waals surface area contributed by atoms with Gasteiger partial charge >= 0.3 is 5.97 Å². The van der Waals surface area contributed by atoms with Gasteiger partial charge in [-0.3, -0.25) is 9.69 Å². The first-order valence-corrected chi connectivity index (χ1v) is 9.68. The van der Waals surface area contributed by atoms with Gasteiger partial charge in [0.25, 0.3) is 0 Å². The molecule has 0 aliphatic carbocycles. The SMILES string of the molecule is O=C(O)C1CCN(C(c2cccc(Br)c2)c2cccc(Cl)c2Cl)CC1.